The summed E-state index contributed by atoms with van der Waals surface area (Å²) in [4.78, 5) is 0. The standard InChI is InChI=1S/C14H16O2/c1-4-5-9-15-12-8-6-7-11-10-14(2,3)16-13(11)12/h1,6-8H,5,9-10H2,2-3H3. The van der Waals surface area contributed by atoms with E-state index in [9.17, 15) is 0 Å². The summed E-state index contributed by atoms with van der Waals surface area (Å²) in [5.74, 6) is 4.24. The van der Waals surface area contributed by atoms with Crippen LogP contribution < -0.4 is 9.47 Å². The lowest BCUT2D eigenvalue weighted by Crippen LogP contribution is -2.24. The maximum absolute atomic E-state index is 5.88. The molecule has 0 saturated carbocycles. The molecule has 0 radical (unpaired) electrons. The fourth-order valence-corrected chi connectivity index (χ4v) is 1.92. The highest BCUT2D eigenvalue weighted by atomic mass is 16.5. The Morgan fingerprint density at radius 2 is 2.31 bits per heavy atom. The number of ether oxygens (including phenoxy) is 2. The van der Waals surface area contributed by atoms with Crippen LogP contribution in [0.3, 0.4) is 0 Å². The van der Waals surface area contributed by atoms with Gasteiger partial charge in [0.2, 0.25) is 0 Å². The largest absolute Gasteiger partial charge is 0.489 e. The number of benzene rings is 1. The van der Waals surface area contributed by atoms with Gasteiger partial charge in [-0.3, -0.25) is 0 Å². The topological polar surface area (TPSA) is 18.5 Å². The number of para-hydroxylation sites is 1. The first kappa shape index (κ1) is 10.9. The highest BCUT2D eigenvalue weighted by Crippen LogP contribution is 2.41. The lowest BCUT2D eigenvalue weighted by molar-refractivity contribution is 0.132. The Bertz CT molecular complexity index is 427. The van der Waals surface area contributed by atoms with E-state index in [1.54, 1.807) is 0 Å². The van der Waals surface area contributed by atoms with Gasteiger partial charge in [-0.05, 0) is 19.9 Å². The molecule has 0 aromatic heterocycles. The molecule has 0 amide bonds. The predicted octanol–water partition coefficient (Wildman–Crippen LogP) is 2.80. The van der Waals surface area contributed by atoms with Crippen LogP contribution in [0.25, 0.3) is 0 Å². The van der Waals surface area contributed by atoms with E-state index in [0.717, 1.165) is 17.9 Å². The van der Waals surface area contributed by atoms with Crippen molar-refractivity contribution in [3.8, 4) is 23.8 Å². The number of hydrogen-bond acceptors (Lipinski definition) is 2. The van der Waals surface area contributed by atoms with Crippen LogP contribution in [0.15, 0.2) is 18.2 Å². The monoisotopic (exact) mass is 216 g/mol. The Hall–Kier alpha value is -1.62. The summed E-state index contributed by atoms with van der Waals surface area (Å²) >= 11 is 0. The van der Waals surface area contributed by atoms with Crippen LogP contribution in [0.5, 0.6) is 11.5 Å². The van der Waals surface area contributed by atoms with E-state index in [1.165, 1.54) is 5.56 Å². The van der Waals surface area contributed by atoms with E-state index in [0.29, 0.717) is 13.0 Å². The van der Waals surface area contributed by atoms with Crippen molar-refractivity contribution >= 4 is 0 Å². The molecule has 1 heterocycles. The van der Waals surface area contributed by atoms with E-state index in [2.05, 4.69) is 25.8 Å². The van der Waals surface area contributed by atoms with Crippen molar-refractivity contribution in [3.63, 3.8) is 0 Å². The van der Waals surface area contributed by atoms with Gasteiger partial charge in [-0.2, -0.15) is 0 Å². The molecule has 1 aromatic rings. The minimum absolute atomic E-state index is 0.131. The third-order valence-electron chi connectivity index (χ3n) is 2.56. The second kappa shape index (κ2) is 4.09. The zero-order valence-corrected chi connectivity index (χ0v) is 9.75. The van der Waals surface area contributed by atoms with E-state index in [4.69, 9.17) is 15.9 Å². The maximum Gasteiger partial charge on any atom is 0.165 e. The summed E-state index contributed by atoms with van der Waals surface area (Å²) < 4.78 is 11.5. The molecule has 0 spiro atoms. The molecule has 2 heteroatoms. The van der Waals surface area contributed by atoms with E-state index < -0.39 is 0 Å². The molecule has 0 N–H and O–H groups in total. The SMILES string of the molecule is C#CCCOc1cccc2c1OC(C)(C)C2. The number of fused-ring (bicyclic) bond motifs is 1. The van der Waals surface area contributed by atoms with Gasteiger partial charge in [0.25, 0.3) is 0 Å². The maximum atomic E-state index is 5.88. The third kappa shape index (κ3) is 2.14. The van der Waals surface area contributed by atoms with E-state index in [1.807, 2.05) is 12.1 Å². The van der Waals surface area contributed by atoms with Gasteiger partial charge in [-0.1, -0.05) is 12.1 Å². The molecule has 0 fully saturated rings. The molecule has 2 rings (SSSR count). The quantitative estimate of drug-likeness (QED) is 0.571. The normalized spacial score (nSPS) is 16.1. The van der Waals surface area contributed by atoms with Gasteiger partial charge in [0.1, 0.15) is 5.60 Å². The summed E-state index contributed by atoms with van der Waals surface area (Å²) in [6, 6.07) is 6.00. The summed E-state index contributed by atoms with van der Waals surface area (Å²) in [5, 5.41) is 0. The molecule has 16 heavy (non-hydrogen) atoms. The van der Waals surface area contributed by atoms with Crippen molar-refractivity contribution in [2.24, 2.45) is 0 Å². The highest BCUT2D eigenvalue weighted by molar-refractivity contribution is 5.50. The molecule has 0 saturated heterocycles. The average Bonchev–Trinajstić information content (AvgIpc) is 2.53. The number of hydrogen-bond donors (Lipinski definition) is 0. The summed E-state index contributed by atoms with van der Waals surface area (Å²) in [7, 11) is 0. The van der Waals surface area contributed by atoms with Crippen LogP contribution in [0.4, 0.5) is 0 Å². The zero-order chi connectivity index (χ0) is 11.6. The third-order valence-corrected chi connectivity index (χ3v) is 2.56. The lowest BCUT2D eigenvalue weighted by Gasteiger charge is -2.18. The fourth-order valence-electron chi connectivity index (χ4n) is 1.92. The smallest absolute Gasteiger partial charge is 0.165 e. The molecule has 0 unspecified atom stereocenters. The second-order valence-corrected chi connectivity index (χ2v) is 4.59. The molecule has 0 aliphatic carbocycles. The van der Waals surface area contributed by atoms with Crippen molar-refractivity contribution in [2.75, 3.05) is 6.61 Å². The van der Waals surface area contributed by atoms with Crippen LogP contribution in [0.1, 0.15) is 25.8 Å². The predicted molar refractivity (Wildman–Crippen MR) is 63.8 cm³/mol. The van der Waals surface area contributed by atoms with Crippen molar-refractivity contribution in [2.45, 2.75) is 32.3 Å². The Morgan fingerprint density at radius 1 is 1.50 bits per heavy atom. The fraction of sp³-hybridized carbons (Fsp3) is 0.429. The van der Waals surface area contributed by atoms with Gasteiger partial charge >= 0.3 is 0 Å². The first-order chi connectivity index (χ1) is 7.62. The van der Waals surface area contributed by atoms with Crippen molar-refractivity contribution in [3.05, 3.63) is 23.8 Å². The summed E-state index contributed by atoms with van der Waals surface area (Å²) in [5.41, 5.74) is 1.08. The molecule has 84 valence electrons. The van der Waals surface area contributed by atoms with Gasteiger partial charge in [-0.15, -0.1) is 12.3 Å². The van der Waals surface area contributed by atoms with E-state index in [-0.39, 0.29) is 5.60 Å². The molecule has 1 aliphatic rings. The second-order valence-electron chi connectivity index (χ2n) is 4.59. The van der Waals surface area contributed by atoms with Gasteiger partial charge in [0.05, 0.1) is 6.61 Å². The van der Waals surface area contributed by atoms with Crippen LogP contribution in [0, 0.1) is 12.3 Å². The van der Waals surface area contributed by atoms with Gasteiger partial charge < -0.3 is 9.47 Å². The molecule has 2 nitrogen and oxygen atoms in total. The van der Waals surface area contributed by atoms with Crippen molar-refractivity contribution in [1.29, 1.82) is 0 Å². The van der Waals surface area contributed by atoms with Gasteiger partial charge in [0.15, 0.2) is 11.5 Å². The van der Waals surface area contributed by atoms with Crippen LogP contribution in [0.2, 0.25) is 0 Å². The first-order valence-corrected chi connectivity index (χ1v) is 5.49. The molecular formula is C14H16O2. The molecule has 0 bridgehead atoms. The number of terminal acetylenes is 1. The van der Waals surface area contributed by atoms with Crippen LogP contribution in [-0.4, -0.2) is 12.2 Å². The molecule has 0 atom stereocenters. The van der Waals surface area contributed by atoms with Crippen molar-refractivity contribution in [1.82, 2.24) is 0 Å². The zero-order valence-electron chi connectivity index (χ0n) is 9.75. The Morgan fingerprint density at radius 3 is 3.06 bits per heavy atom. The molecular weight excluding hydrogens is 200 g/mol. The molecule has 1 aromatic carbocycles. The van der Waals surface area contributed by atoms with Crippen molar-refractivity contribution < 1.29 is 9.47 Å². The number of rotatable bonds is 3. The Kier molecular flexibility index (Phi) is 2.78. The van der Waals surface area contributed by atoms with Crippen LogP contribution in [-0.2, 0) is 6.42 Å². The summed E-state index contributed by atoms with van der Waals surface area (Å²) in [6.07, 6.45) is 6.73. The van der Waals surface area contributed by atoms with E-state index >= 15 is 0 Å². The molecule has 1 aliphatic heterocycles. The van der Waals surface area contributed by atoms with Gasteiger partial charge in [0, 0.05) is 18.4 Å². The Labute approximate surface area is 96.6 Å². The average molecular weight is 216 g/mol. The Balaban J connectivity index is 2.17. The first-order valence-electron chi connectivity index (χ1n) is 5.49. The van der Waals surface area contributed by atoms with Crippen LogP contribution >= 0.6 is 0 Å². The lowest BCUT2D eigenvalue weighted by atomic mass is 10.0. The summed E-state index contributed by atoms with van der Waals surface area (Å²) in [6.45, 7) is 4.70. The minimum atomic E-state index is -0.131. The highest BCUT2D eigenvalue weighted by Gasteiger charge is 2.32. The van der Waals surface area contributed by atoms with Gasteiger partial charge in [-0.25, -0.2) is 0 Å². The minimum Gasteiger partial charge on any atom is -0.489 e.